The summed E-state index contributed by atoms with van der Waals surface area (Å²) in [5, 5.41) is 2.87. The van der Waals surface area contributed by atoms with E-state index in [4.69, 9.17) is 0 Å². The Balaban J connectivity index is 1.60. The van der Waals surface area contributed by atoms with Crippen LogP contribution in [0.3, 0.4) is 0 Å². The van der Waals surface area contributed by atoms with Gasteiger partial charge in [-0.3, -0.25) is 23.7 Å². The Morgan fingerprint density at radius 1 is 1.27 bits per heavy atom. The number of thioether (sulfide) groups is 1. The lowest BCUT2D eigenvalue weighted by atomic mass is 9.89. The molecule has 1 saturated carbocycles. The smallest absolute Gasteiger partial charge is 0.289 e. The average molecular weight is 372 g/mol. The molecule has 7 nitrogen and oxygen atoms in total. The van der Waals surface area contributed by atoms with Crippen LogP contribution >= 0.6 is 11.8 Å². The minimum Gasteiger partial charge on any atom is -0.346 e. The average Bonchev–Trinajstić information content (AvgIpc) is 3.14. The summed E-state index contributed by atoms with van der Waals surface area (Å²) in [6.07, 6.45) is 5.22. The van der Waals surface area contributed by atoms with Crippen molar-refractivity contribution >= 4 is 34.5 Å². The van der Waals surface area contributed by atoms with Crippen LogP contribution in [0, 0.1) is 6.92 Å². The maximum absolute atomic E-state index is 13.0. The Kier molecular flexibility index (Phi) is 4.44. The number of amides is 3. The van der Waals surface area contributed by atoms with Crippen molar-refractivity contribution in [2.24, 2.45) is 0 Å². The number of fused-ring (bicyclic) bond motifs is 1. The molecule has 136 valence electrons. The van der Waals surface area contributed by atoms with Gasteiger partial charge in [-0.15, -0.1) is 0 Å². The first kappa shape index (κ1) is 17.1. The predicted octanol–water partition coefficient (Wildman–Crippen LogP) is 2.38. The van der Waals surface area contributed by atoms with Crippen LogP contribution < -0.4 is 5.32 Å². The fraction of sp³-hybridized carbons (Fsp3) is 0.444. The lowest BCUT2D eigenvalue weighted by Gasteiger charge is -2.36. The van der Waals surface area contributed by atoms with Gasteiger partial charge in [0.25, 0.3) is 11.1 Å². The molecule has 3 heterocycles. The topological polar surface area (TPSA) is 83.8 Å². The predicted molar refractivity (Wildman–Crippen MR) is 98.1 cm³/mol. The van der Waals surface area contributed by atoms with Crippen molar-refractivity contribution in [3.05, 3.63) is 35.8 Å². The number of imidazole rings is 1. The molecule has 2 aliphatic rings. The number of carbonyl (C=O) groups is 3. The number of rotatable bonds is 3. The zero-order valence-corrected chi connectivity index (χ0v) is 15.3. The standard InChI is InChI=1S/C18H20N4O3S/c1-11-16(21-9-5-4-8-14(21)19-11)17(24)20-12-6-2-3-7-13(12)22-15(23)10-26-18(22)25/h4-5,8-9,12-13H,2-3,6-7,10H2,1H3,(H,20,24). The molecule has 1 saturated heterocycles. The van der Waals surface area contributed by atoms with Crippen LogP contribution in [-0.2, 0) is 4.79 Å². The SMILES string of the molecule is Cc1nc2ccccn2c1C(=O)NC1CCCCC1N1C(=O)CSC1=O. The molecule has 2 fully saturated rings. The molecule has 4 rings (SSSR count). The molecule has 0 spiro atoms. The van der Waals surface area contributed by atoms with Crippen LogP contribution in [0.4, 0.5) is 4.79 Å². The number of pyridine rings is 1. The summed E-state index contributed by atoms with van der Waals surface area (Å²) in [7, 11) is 0. The number of nitrogens with zero attached hydrogens (tertiary/aromatic N) is 3. The Morgan fingerprint density at radius 2 is 2.08 bits per heavy atom. The van der Waals surface area contributed by atoms with E-state index in [1.807, 2.05) is 31.3 Å². The first-order valence-corrected chi connectivity index (χ1v) is 9.78. The summed E-state index contributed by atoms with van der Waals surface area (Å²) in [6.45, 7) is 1.81. The highest BCUT2D eigenvalue weighted by atomic mass is 32.2. The van der Waals surface area contributed by atoms with E-state index >= 15 is 0 Å². The molecule has 2 aromatic heterocycles. The molecule has 8 heteroatoms. The normalized spacial score (nSPS) is 23.7. The summed E-state index contributed by atoms with van der Waals surface area (Å²) < 4.78 is 1.77. The van der Waals surface area contributed by atoms with Crippen LogP contribution in [0.5, 0.6) is 0 Å². The van der Waals surface area contributed by atoms with Gasteiger partial charge in [-0.1, -0.05) is 30.7 Å². The van der Waals surface area contributed by atoms with Crippen LogP contribution in [0.2, 0.25) is 0 Å². The van der Waals surface area contributed by atoms with E-state index in [2.05, 4.69) is 10.3 Å². The van der Waals surface area contributed by atoms with E-state index in [1.165, 1.54) is 4.90 Å². The van der Waals surface area contributed by atoms with E-state index in [9.17, 15) is 14.4 Å². The molecular formula is C18H20N4O3S. The van der Waals surface area contributed by atoms with Crippen molar-refractivity contribution in [1.29, 1.82) is 0 Å². The first-order chi connectivity index (χ1) is 12.6. The zero-order chi connectivity index (χ0) is 18.3. The third-order valence-electron chi connectivity index (χ3n) is 5.08. The van der Waals surface area contributed by atoms with Gasteiger partial charge in [-0.25, -0.2) is 4.98 Å². The monoisotopic (exact) mass is 372 g/mol. The molecule has 0 bridgehead atoms. The molecule has 1 aliphatic heterocycles. The van der Waals surface area contributed by atoms with E-state index < -0.39 is 0 Å². The number of hydrogen-bond acceptors (Lipinski definition) is 5. The van der Waals surface area contributed by atoms with Gasteiger partial charge in [0.15, 0.2) is 0 Å². The van der Waals surface area contributed by atoms with Gasteiger partial charge in [0.05, 0.1) is 23.5 Å². The largest absolute Gasteiger partial charge is 0.346 e. The summed E-state index contributed by atoms with van der Waals surface area (Å²) >= 11 is 1.04. The second-order valence-corrected chi connectivity index (χ2v) is 7.65. The Hall–Kier alpha value is -2.35. The van der Waals surface area contributed by atoms with E-state index in [-0.39, 0.29) is 34.9 Å². The van der Waals surface area contributed by atoms with Gasteiger partial charge >= 0.3 is 0 Å². The number of hydrogen-bond donors (Lipinski definition) is 1. The summed E-state index contributed by atoms with van der Waals surface area (Å²) in [4.78, 5) is 43.0. The third-order valence-corrected chi connectivity index (χ3v) is 5.92. The number of aromatic nitrogens is 2. The second kappa shape index (κ2) is 6.75. The highest BCUT2D eigenvalue weighted by Crippen LogP contribution is 2.30. The van der Waals surface area contributed by atoms with Crippen LogP contribution in [0.25, 0.3) is 5.65 Å². The third kappa shape index (κ3) is 2.88. The molecular weight excluding hydrogens is 352 g/mol. The number of nitrogens with one attached hydrogen (secondary N) is 1. The molecule has 0 radical (unpaired) electrons. The van der Waals surface area contributed by atoms with Gasteiger partial charge in [0.1, 0.15) is 11.3 Å². The Bertz CT molecular complexity index is 878. The lowest BCUT2D eigenvalue weighted by molar-refractivity contribution is -0.127. The molecule has 1 aliphatic carbocycles. The molecule has 0 aromatic carbocycles. The van der Waals surface area contributed by atoms with Crippen molar-refractivity contribution < 1.29 is 14.4 Å². The van der Waals surface area contributed by atoms with Crippen molar-refractivity contribution in [2.75, 3.05) is 5.75 Å². The lowest BCUT2D eigenvalue weighted by Crippen LogP contribution is -2.54. The van der Waals surface area contributed by atoms with Gasteiger partial charge < -0.3 is 5.32 Å². The fourth-order valence-corrected chi connectivity index (χ4v) is 4.66. The van der Waals surface area contributed by atoms with Gasteiger partial charge in [-0.05, 0) is 31.9 Å². The highest BCUT2D eigenvalue weighted by molar-refractivity contribution is 8.14. The number of imide groups is 1. The first-order valence-electron chi connectivity index (χ1n) is 8.79. The zero-order valence-electron chi connectivity index (χ0n) is 14.5. The van der Waals surface area contributed by atoms with Crippen molar-refractivity contribution in [3.8, 4) is 0 Å². The maximum Gasteiger partial charge on any atom is 0.289 e. The van der Waals surface area contributed by atoms with E-state index in [0.29, 0.717) is 11.4 Å². The van der Waals surface area contributed by atoms with Gasteiger partial charge in [-0.2, -0.15) is 0 Å². The Morgan fingerprint density at radius 3 is 2.85 bits per heavy atom. The fourth-order valence-electron chi connectivity index (χ4n) is 3.90. The van der Waals surface area contributed by atoms with Gasteiger partial charge in [0.2, 0.25) is 5.91 Å². The molecule has 2 unspecified atom stereocenters. The molecule has 2 atom stereocenters. The minimum atomic E-state index is -0.262. The highest BCUT2D eigenvalue weighted by Gasteiger charge is 2.41. The molecule has 3 amide bonds. The van der Waals surface area contributed by atoms with Crippen molar-refractivity contribution in [3.63, 3.8) is 0 Å². The quantitative estimate of drug-likeness (QED) is 0.894. The van der Waals surface area contributed by atoms with Crippen LogP contribution in [0.15, 0.2) is 24.4 Å². The summed E-state index contributed by atoms with van der Waals surface area (Å²) in [5.74, 6) is -0.176. The van der Waals surface area contributed by atoms with E-state index in [1.54, 1.807) is 4.40 Å². The molecule has 2 aromatic rings. The van der Waals surface area contributed by atoms with Crippen molar-refractivity contribution in [2.45, 2.75) is 44.7 Å². The van der Waals surface area contributed by atoms with E-state index in [0.717, 1.165) is 43.1 Å². The van der Waals surface area contributed by atoms with Crippen molar-refractivity contribution in [1.82, 2.24) is 19.6 Å². The number of carbonyl (C=O) groups excluding carboxylic acids is 3. The maximum atomic E-state index is 13.0. The van der Waals surface area contributed by atoms with Crippen LogP contribution in [0.1, 0.15) is 41.9 Å². The summed E-state index contributed by atoms with van der Waals surface area (Å²) in [5.41, 5.74) is 1.87. The Labute approximate surface area is 155 Å². The molecule has 26 heavy (non-hydrogen) atoms. The second-order valence-electron chi connectivity index (χ2n) is 6.72. The number of aryl methyl sites for hydroxylation is 1. The minimum absolute atomic E-state index is 0.155. The summed E-state index contributed by atoms with van der Waals surface area (Å²) in [6, 6.07) is 5.10. The van der Waals surface area contributed by atoms with Crippen LogP contribution in [-0.4, -0.2) is 49.2 Å². The van der Waals surface area contributed by atoms with Gasteiger partial charge in [0, 0.05) is 6.20 Å². The molecule has 1 N–H and O–H groups in total.